The summed E-state index contributed by atoms with van der Waals surface area (Å²) in [6.07, 6.45) is 3.75. The number of rotatable bonds is 5. The van der Waals surface area contributed by atoms with Crippen molar-refractivity contribution in [3.05, 3.63) is 24.3 Å². The summed E-state index contributed by atoms with van der Waals surface area (Å²) in [4.78, 5) is 29.7. The van der Waals surface area contributed by atoms with Gasteiger partial charge in [0.05, 0.1) is 18.8 Å². The Bertz CT molecular complexity index is 677. The van der Waals surface area contributed by atoms with E-state index in [4.69, 9.17) is 4.74 Å². The lowest BCUT2D eigenvalue weighted by atomic mass is 9.94. The van der Waals surface area contributed by atoms with E-state index in [2.05, 4.69) is 17.1 Å². The number of ether oxygens (including phenoxy) is 1. The second kappa shape index (κ2) is 9.41. The smallest absolute Gasteiger partial charge is 0.239 e. The molecule has 2 heterocycles. The lowest BCUT2D eigenvalue weighted by Gasteiger charge is -2.38. The van der Waals surface area contributed by atoms with E-state index in [0.29, 0.717) is 11.4 Å². The summed E-state index contributed by atoms with van der Waals surface area (Å²) >= 11 is 0. The Morgan fingerprint density at radius 2 is 1.71 bits per heavy atom. The number of amides is 2. The molecule has 0 radical (unpaired) electrons. The number of piperidine rings is 2. The molecule has 6 nitrogen and oxygen atoms in total. The number of hydrogen-bond acceptors (Lipinski definition) is 4. The van der Waals surface area contributed by atoms with E-state index in [-0.39, 0.29) is 23.8 Å². The Labute approximate surface area is 168 Å². The molecule has 2 aliphatic heterocycles. The van der Waals surface area contributed by atoms with Gasteiger partial charge in [-0.2, -0.15) is 0 Å². The summed E-state index contributed by atoms with van der Waals surface area (Å²) in [5.74, 6) is 1.64. The predicted molar refractivity (Wildman–Crippen MR) is 110 cm³/mol. The fraction of sp³-hybridized carbons (Fsp3) is 0.636. The molecule has 28 heavy (non-hydrogen) atoms. The number of methoxy groups -OCH3 is 1. The molecule has 2 saturated heterocycles. The van der Waals surface area contributed by atoms with Crippen LogP contribution in [0.15, 0.2) is 24.3 Å². The molecule has 0 aliphatic carbocycles. The fourth-order valence-corrected chi connectivity index (χ4v) is 4.18. The SMILES string of the molecule is COc1ccccc1NC(=O)C1CCN(C(C)C(=O)N2CCC(C)CC2)CC1. The van der Waals surface area contributed by atoms with Crippen LogP contribution in [0.3, 0.4) is 0 Å². The highest BCUT2D eigenvalue weighted by molar-refractivity contribution is 5.94. The van der Waals surface area contributed by atoms with Crippen molar-refractivity contribution < 1.29 is 14.3 Å². The topological polar surface area (TPSA) is 61.9 Å². The molecule has 0 bridgehead atoms. The molecule has 1 aromatic carbocycles. The normalized spacial score (nSPS) is 20.6. The number of likely N-dealkylation sites (tertiary alicyclic amines) is 2. The van der Waals surface area contributed by atoms with Gasteiger partial charge < -0.3 is 15.0 Å². The van der Waals surface area contributed by atoms with Crippen molar-refractivity contribution in [2.75, 3.05) is 38.6 Å². The van der Waals surface area contributed by atoms with E-state index in [1.165, 1.54) is 0 Å². The highest BCUT2D eigenvalue weighted by Gasteiger charge is 2.32. The van der Waals surface area contributed by atoms with Gasteiger partial charge in [0.25, 0.3) is 0 Å². The van der Waals surface area contributed by atoms with Gasteiger partial charge in [-0.3, -0.25) is 14.5 Å². The zero-order valence-corrected chi connectivity index (χ0v) is 17.3. The first-order chi connectivity index (χ1) is 13.5. The number of hydrogen-bond donors (Lipinski definition) is 1. The van der Waals surface area contributed by atoms with Gasteiger partial charge in [-0.25, -0.2) is 0 Å². The Morgan fingerprint density at radius 1 is 1.07 bits per heavy atom. The Balaban J connectivity index is 1.49. The fourth-order valence-electron chi connectivity index (χ4n) is 4.18. The van der Waals surface area contributed by atoms with Crippen LogP contribution in [0.5, 0.6) is 5.75 Å². The number of carbonyl (C=O) groups is 2. The molecule has 1 N–H and O–H groups in total. The summed E-state index contributed by atoms with van der Waals surface area (Å²) in [7, 11) is 1.60. The second-order valence-electron chi connectivity index (χ2n) is 8.18. The maximum atomic E-state index is 12.8. The van der Waals surface area contributed by atoms with Crippen molar-refractivity contribution in [3.63, 3.8) is 0 Å². The summed E-state index contributed by atoms with van der Waals surface area (Å²) in [6.45, 7) is 7.58. The van der Waals surface area contributed by atoms with Crippen molar-refractivity contribution in [3.8, 4) is 5.75 Å². The molecular formula is C22H33N3O3. The summed E-state index contributed by atoms with van der Waals surface area (Å²) in [5.41, 5.74) is 0.709. The van der Waals surface area contributed by atoms with Crippen molar-refractivity contribution in [2.45, 2.75) is 45.6 Å². The van der Waals surface area contributed by atoms with Gasteiger partial charge in [-0.05, 0) is 63.7 Å². The molecule has 2 amide bonds. The minimum Gasteiger partial charge on any atom is -0.495 e. The van der Waals surface area contributed by atoms with Crippen molar-refractivity contribution in [2.24, 2.45) is 11.8 Å². The third-order valence-corrected chi connectivity index (χ3v) is 6.27. The lowest BCUT2D eigenvalue weighted by molar-refractivity contribution is -0.138. The zero-order valence-electron chi connectivity index (χ0n) is 17.3. The standard InChI is InChI=1S/C22H33N3O3/c1-16-8-12-25(13-9-16)22(27)17(2)24-14-10-18(11-15-24)21(26)23-19-6-4-5-7-20(19)28-3/h4-7,16-18H,8-15H2,1-3H3,(H,23,26). The van der Waals surface area contributed by atoms with E-state index in [1.807, 2.05) is 36.1 Å². The lowest BCUT2D eigenvalue weighted by Crippen LogP contribution is -2.52. The highest BCUT2D eigenvalue weighted by atomic mass is 16.5. The average Bonchev–Trinajstić information content (AvgIpc) is 2.73. The molecule has 3 rings (SSSR count). The highest BCUT2D eigenvalue weighted by Crippen LogP contribution is 2.26. The van der Waals surface area contributed by atoms with Gasteiger partial charge in [0.2, 0.25) is 11.8 Å². The largest absolute Gasteiger partial charge is 0.495 e. The monoisotopic (exact) mass is 387 g/mol. The summed E-state index contributed by atoms with van der Waals surface area (Å²) in [6, 6.07) is 7.36. The number of carbonyl (C=O) groups excluding carboxylic acids is 2. The molecule has 0 spiro atoms. The number of para-hydroxylation sites is 2. The van der Waals surface area contributed by atoms with Crippen LogP contribution in [0, 0.1) is 11.8 Å². The first-order valence-electron chi connectivity index (χ1n) is 10.5. The van der Waals surface area contributed by atoms with Crippen LogP contribution in [0.2, 0.25) is 0 Å². The summed E-state index contributed by atoms with van der Waals surface area (Å²) in [5, 5.41) is 3.00. The minimum atomic E-state index is -0.105. The van der Waals surface area contributed by atoms with Crippen molar-refractivity contribution >= 4 is 17.5 Å². The van der Waals surface area contributed by atoms with Crippen molar-refractivity contribution in [1.29, 1.82) is 0 Å². The maximum absolute atomic E-state index is 12.8. The Kier molecular flexibility index (Phi) is 6.94. The van der Waals surface area contributed by atoms with Crippen LogP contribution < -0.4 is 10.1 Å². The quantitative estimate of drug-likeness (QED) is 0.844. The molecule has 1 unspecified atom stereocenters. The van der Waals surface area contributed by atoms with Crippen LogP contribution >= 0.6 is 0 Å². The summed E-state index contributed by atoms with van der Waals surface area (Å²) < 4.78 is 5.31. The van der Waals surface area contributed by atoms with E-state index >= 15 is 0 Å². The Hall–Kier alpha value is -2.08. The zero-order chi connectivity index (χ0) is 20.1. The van der Waals surface area contributed by atoms with Crippen LogP contribution in [-0.2, 0) is 9.59 Å². The maximum Gasteiger partial charge on any atom is 0.239 e. The second-order valence-corrected chi connectivity index (χ2v) is 8.18. The van der Waals surface area contributed by atoms with Gasteiger partial charge in [0.1, 0.15) is 5.75 Å². The molecule has 154 valence electrons. The molecule has 6 heteroatoms. The van der Waals surface area contributed by atoms with E-state index in [9.17, 15) is 9.59 Å². The van der Waals surface area contributed by atoms with Gasteiger partial charge in [-0.15, -0.1) is 0 Å². The average molecular weight is 388 g/mol. The van der Waals surface area contributed by atoms with E-state index in [0.717, 1.165) is 57.8 Å². The van der Waals surface area contributed by atoms with Crippen LogP contribution in [0.4, 0.5) is 5.69 Å². The number of nitrogens with zero attached hydrogens (tertiary/aromatic N) is 2. The Morgan fingerprint density at radius 3 is 2.36 bits per heavy atom. The molecule has 2 fully saturated rings. The van der Waals surface area contributed by atoms with Crippen LogP contribution in [0.1, 0.15) is 39.5 Å². The third kappa shape index (κ3) is 4.85. The molecule has 2 aliphatic rings. The number of anilines is 1. The van der Waals surface area contributed by atoms with Gasteiger partial charge in [0.15, 0.2) is 0 Å². The third-order valence-electron chi connectivity index (χ3n) is 6.27. The van der Waals surface area contributed by atoms with Crippen molar-refractivity contribution in [1.82, 2.24) is 9.80 Å². The molecule has 1 aromatic rings. The molecule has 0 saturated carbocycles. The number of nitrogens with one attached hydrogen (secondary N) is 1. The number of benzene rings is 1. The first kappa shape index (κ1) is 20.6. The van der Waals surface area contributed by atoms with E-state index in [1.54, 1.807) is 7.11 Å². The van der Waals surface area contributed by atoms with Gasteiger partial charge in [-0.1, -0.05) is 19.1 Å². The van der Waals surface area contributed by atoms with Gasteiger partial charge >= 0.3 is 0 Å². The van der Waals surface area contributed by atoms with Crippen LogP contribution in [0.25, 0.3) is 0 Å². The predicted octanol–water partition coefficient (Wildman–Crippen LogP) is 2.99. The van der Waals surface area contributed by atoms with E-state index < -0.39 is 0 Å². The molecule has 0 aromatic heterocycles. The molecule has 1 atom stereocenters. The van der Waals surface area contributed by atoms with Crippen LogP contribution in [-0.4, -0.2) is 60.9 Å². The molecular weight excluding hydrogens is 354 g/mol. The first-order valence-corrected chi connectivity index (χ1v) is 10.5. The minimum absolute atomic E-state index is 0.0284. The van der Waals surface area contributed by atoms with Gasteiger partial charge in [0, 0.05) is 19.0 Å².